The van der Waals surface area contributed by atoms with Gasteiger partial charge in [0.2, 0.25) is 11.8 Å². The molecule has 18 heteroatoms. The van der Waals surface area contributed by atoms with Crippen molar-refractivity contribution >= 4 is 40.1 Å². The lowest BCUT2D eigenvalue weighted by molar-refractivity contribution is -0.141. The number of hydrogen-bond acceptors (Lipinski definition) is 11. The third kappa shape index (κ3) is 10.9. The average molecular weight is 870 g/mol. The minimum atomic E-state index is -4.25. The van der Waals surface area contributed by atoms with Crippen LogP contribution in [0.15, 0.2) is 36.4 Å². The number of amides is 5. The van der Waals surface area contributed by atoms with Crippen LogP contribution < -0.4 is 15.4 Å². The molecule has 0 radical (unpaired) electrons. The molecule has 1 aromatic carbocycles. The second-order valence-electron chi connectivity index (χ2n) is 18.3. The summed E-state index contributed by atoms with van der Waals surface area (Å²) in [5.74, 6) is -2.61. The Labute approximate surface area is 359 Å². The van der Waals surface area contributed by atoms with Crippen molar-refractivity contribution in [3.8, 4) is 0 Å². The van der Waals surface area contributed by atoms with Crippen LogP contribution >= 0.6 is 0 Å². The second kappa shape index (κ2) is 19.0. The fourth-order valence-corrected chi connectivity index (χ4v) is 10.5. The molecule has 5 amide bonds. The number of benzene rings is 1. The van der Waals surface area contributed by atoms with Crippen LogP contribution in [0.3, 0.4) is 0 Å². The molecule has 0 bridgehead atoms. The largest absolute Gasteiger partial charge is 0.444 e. The van der Waals surface area contributed by atoms with E-state index in [1.165, 1.54) is 16.9 Å². The van der Waals surface area contributed by atoms with Crippen LogP contribution in [0.25, 0.3) is 0 Å². The third-order valence-electron chi connectivity index (χ3n) is 12.7. The Morgan fingerprint density at radius 1 is 0.967 bits per heavy atom. The Kier molecular flexibility index (Phi) is 14.0. The van der Waals surface area contributed by atoms with Gasteiger partial charge in [0.1, 0.15) is 29.3 Å². The van der Waals surface area contributed by atoms with Crippen LogP contribution in [0, 0.1) is 5.92 Å². The summed E-state index contributed by atoms with van der Waals surface area (Å²) in [4.78, 5) is 76.2. The molecule has 61 heavy (non-hydrogen) atoms. The first kappa shape index (κ1) is 44.8. The number of carbonyl (C=O) groups is 5. The molecule has 5 heterocycles. The third-order valence-corrected chi connectivity index (χ3v) is 14.1. The maximum Gasteiger partial charge on any atom is 0.410 e. The maximum atomic E-state index is 14.7. The van der Waals surface area contributed by atoms with Crippen LogP contribution in [0.5, 0.6) is 0 Å². The molecule has 6 aliphatic rings. The summed E-state index contributed by atoms with van der Waals surface area (Å²) in [5.41, 5.74) is -0.170. The topological polar surface area (TPSA) is 196 Å². The number of likely N-dealkylation sites (tertiary alicyclic amines) is 1. The predicted molar refractivity (Wildman–Crippen MR) is 224 cm³/mol. The highest BCUT2D eigenvalue weighted by Crippen LogP contribution is 2.46. The highest BCUT2D eigenvalue weighted by Gasteiger charge is 2.62. The lowest BCUT2D eigenvalue weighted by Gasteiger charge is -2.40. The Morgan fingerprint density at radius 3 is 2.46 bits per heavy atom. The first-order chi connectivity index (χ1) is 29.1. The molecule has 2 unspecified atom stereocenters. The van der Waals surface area contributed by atoms with Gasteiger partial charge >= 0.3 is 22.4 Å². The molecule has 5 aliphatic heterocycles. The number of piperidine rings is 1. The molecule has 1 aromatic rings. The van der Waals surface area contributed by atoms with Crippen LogP contribution in [-0.4, -0.2) is 146 Å². The van der Waals surface area contributed by atoms with Gasteiger partial charge in [-0.3, -0.25) is 19.3 Å². The summed E-state index contributed by atoms with van der Waals surface area (Å²) in [6.45, 7) is 8.56. The SMILES string of the molecule is CC(C)(C)OC(=O)N[C@H]1CCCCC/C=C\C2C[C@@]2(C(=O)NS(=O)(=O)N2CCOCC2)NC(=O)[C@@H]2C[C@@H](OC(=O)N3CCc4ccccc4C3CN3CCCCC3)CN2C1=O. The molecule has 4 fully saturated rings. The van der Waals surface area contributed by atoms with Gasteiger partial charge in [-0.05, 0) is 89.9 Å². The minimum Gasteiger partial charge on any atom is -0.444 e. The van der Waals surface area contributed by atoms with Gasteiger partial charge in [0.25, 0.3) is 5.91 Å². The highest BCUT2D eigenvalue weighted by atomic mass is 32.2. The normalized spacial score (nSPS) is 30.0. The lowest BCUT2D eigenvalue weighted by atomic mass is 9.92. The van der Waals surface area contributed by atoms with Gasteiger partial charge in [0.05, 0.1) is 25.8 Å². The van der Waals surface area contributed by atoms with Crippen LogP contribution in [0.2, 0.25) is 0 Å². The van der Waals surface area contributed by atoms with E-state index in [-0.39, 0.29) is 58.2 Å². The van der Waals surface area contributed by atoms with Crippen molar-refractivity contribution in [3.63, 3.8) is 0 Å². The van der Waals surface area contributed by atoms with E-state index >= 15 is 0 Å². The number of fused-ring (bicyclic) bond motifs is 3. The molecule has 3 saturated heterocycles. The average Bonchev–Trinajstić information content (AvgIpc) is 3.76. The molecule has 0 aromatic heterocycles. The van der Waals surface area contributed by atoms with E-state index in [1.807, 2.05) is 24.3 Å². The molecule has 1 saturated carbocycles. The molecule has 17 nitrogen and oxygen atoms in total. The predicted octanol–water partition coefficient (Wildman–Crippen LogP) is 3.16. The Bertz CT molecular complexity index is 1930. The summed E-state index contributed by atoms with van der Waals surface area (Å²) in [6, 6.07) is 5.63. The fourth-order valence-electron chi connectivity index (χ4n) is 9.34. The summed E-state index contributed by atoms with van der Waals surface area (Å²) in [6.07, 6.45) is 8.67. The van der Waals surface area contributed by atoms with Gasteiger partial charge in [-0.25, -0.2) is 14.3 Å². The zero-order chi connectivity index (χ0) is 43.4. The number of nitrogens with zero attached hydrogens (tertiary/aromatic N) is 4. The van der Waals surface area contributed by atoms with E-state index < -0.39 is 75.4 Å². The van der Waals surface area contributed by atoms with Crippen molar-refractivity contribution in [2.24, 2.45) is 5.92 Å². The Morgan fingerprint density at radius 2 is 1.70 bits per heavy atom. The number of rotatable bonds is 7. The summed E-state index contributed by atoms with van der Waals surface area (Å²) >= 11 is 0. The van der Waals surface area contributed by atoms with Gasteiger partial charge in [-0.2, -0.15) is 12.7 Å². The Hall–Kier alpha value is -4.26. The molecular formula is C43H63N7O10S. The van der Waals surface area contributed by atoms with Gasteiger partial charge in [-0.1, -0.05) is 55.7 Å². The number of allylic oxidation sites excluding steroid dienone is 1. The van der Waals surface area contributed by atoms with Crippen molar-refractivity contribution in [1.82, 2.24) is 34.4 Å². The van der Waals surface area contributed by atoms with Crippen molar-refractivity contribution < 1.29 is 46.6 Å². The van der Waals surface area contributed by atoms with Crippen LogP contribution in [-0.2, 0) is 45.2 Å². The molecule has 3 N–H and O–H groups in total. The first-order valence-electron chi connectivity index (χ1n) is 22.1. The Balaban J connectivity index is 1.15. The van der Waals surface area contributed by atoms with E-state index in [2.05, 4.69) is 32.4 Å². The minimum absolute atomic E-state index is 0.0754. The zero-order valence-corrected chi connectivity index (χ0v) is 36.6. The highest BCUT2D eigenvalue weighted by molar-refractivity contribution is 7.87. The van der Waals surface area contributed by atoms with E-state index in [0.29, 0.717) is 32.4 Å². The van der Waals surface area contributed by atoms with Crippen molar-refractivity contribution in [3.05, 3.63) is 47.5 Å². The van der Waals surface area contributed by atoms with Gasteiger partial charge in [-0.15, -0.1) is 0 Å². The van der Waals surface area contributed by atoms with E-state index in [1.54, 1.807) is 25.7 Å². The quantitative estimate of drug-likeness (QED) is 0.341. The summed E-state index contributed by atoms with van der Waals surface area (Å²) < 4.78 is 47.1. The number of alkyl carbamates (subject to hydrolysis) is 1. The summed E-state index contributed by atoms with van der Waals surface area (Å²) in [7, 11) is -4.25. The maximum absolute atomic E-state index is 14.7. The molecular weight excluding hydrogens is 807 g/mol. The van der Waals surface area contributed by atoms with Crippen LogP contribution in [0.1, 0.15) is 102 Å². The lowest BCUT2D eigenvalue weighted by Crippen LogP contribution is -2.59. The van der Waals surface area contributed by atoms with Gasteiger partial charge in [0, 0.05) is 38.5 Å². The van der Waals surface area contributed by atoms with Crippen molar-refractivity contribution in [1.29, 1.82) is 0 Å². The number of morpholine rings is 1. The zero-order valence-electron chi connectivity index (χ0n) is 35.8. The van der Waals surface area contributed by atoms with Crippen LogP contribution in [0.4, 0.5) is 9.59 Å². The molecule has 1 aliphatic carbocycles. The fraction of sp³-hybridized carbons (Fsp3) is 0.698. The molecule has 0 spiro atoms. The van der Waals surface area contributed by atoms with E-state index in [0.717, 1.165) is 48.6 Å². The van der Waals surface area contributed by atoms with E-state index in [4.69, 9.17) is 14.2 Å². The van der Waals surface area contributed by atoms with E-state index in [9.17, 15) is 32.4 Å². The molecule has 6 atom stereocenters. The standard InChI is InChI=1S/C43H63N7O10S/c1-42(2,3)60-40(54)44-34-17-9-6-4-5-8-15-31-27-43(31,39(53)46-61(56,57)48-22-24-58-25-23-48)45-37(51)35-26-32(28-50(35)38(34)52)59-41(55)49-21-18-30-14-10-11-16-33(30)36(49)29-47-19-12-7-13-20-47/h8,10-11,14-16,31-32,34-36H,4-7,9,12-13,17-29H2,1-3H3,(H,44,54)(H,45,51)(H,46,53)/b15-8-/t31?,32-,34+,35+,36?,43-/m1/s1. The smallest absolute Gasteiger partial charge is 0.410 e. The molecule has 7 rings (SSSR count). The monoisotopic (exact) mass is 869 g/mol. The number of hydrogen-bond donors (Lipinski definition) is 3. The molecule has 336 valence electrons. The number of ether oxygens (including phenoxy) is 3. The van der Waals surface area contributed by atoms with Crippen molar-refractivity contribution in [2.75, 3.05) is 59.0 Å². The number of carbonyl (C=O) groups excluding carboxylic acids is 5. The van der Waals surface area contributed by atoms with Gasteiger partial charge in [0.15, 0.2) is 0 Å². The second-order valence-corrected chi connectivity index (χ2v) is 19.9. The number of nitrogens with one attached hydrogen (secondary N) is 3. The summed E-state index contributed by atoms with van der Waals surface area (Å²) in [5, 5.41) is 5.61. The first-order valence-corrected chi connectivity index (χ1v) is 23.5. The van der Waals surface area contributed by atoms with Gasteiger partial charge < -0.3 is 34.6 Å². The van der Waals surface area contributed by atoms with Crippen molar-refractivity contribution in [2.45, 2.75) is 127 Å².